The Kier molecular flexibility index (Phi) is 13.0. The van der Waals surface area contributed by atoms with Crippen molar-refractivity contribution >= 4 is 63.6 Å². The molecule has 1 aliphatic rings. The van der Waals surface area contributed by atoms with E-state index >= 15 is 0 Å². The number of methoxy groups -OCH3 is 2. The number of nitrogens with one attached hydrogen (secondary N) is 3. The lowest BCUT2D eigenvalue weighted by Gasteiger charge is -2.23. The number of rotatable bonds is 14. The van der Waals surface area contributed by atoms with Gasteiger partial charge < -0.3 is 30.2 Å². The number of thiophene rings is 1. The Morgan fingerprint density at radius 2 is 1.64 bits per heavy atom. The van der Waals surface area contributed by atoms with E-state index in [1.165, 1.54) is 41.8 Å². The van der Waals surface area contributed by atoms with E-state index in [9.17, 15) is 19.2 Å². The number of benzene rings is 4. The summed E-state index contributed by atoms with van der Waals surface area (Å²) in [5.41, 5.74) is 4.05. The number of anilines is 2. The van der Waals surface area contributed by atoms with Crippen LogP contribution in [0.3, 0.4) is 0 Å². The van der Waals surface area contributed by atoms with Gasteiger partial charge in [-0.05, 0) is 91.8 Å². The normalized spacial score (nSPS) is 13.6. The fourth-order valence-corrected chi connectivity index (χ4v) is 8.40. The molecular weight excluding hydrogens is 735 g/mol. The number of ether oxygens (including phenoxy) is 3. The average molecular weight is 776 g/mol. The van der Waals surface area contributed by atoms with Crippen LogP contribution in [0, 0.1) is 0 Å². The molecule has 282 valence electrons. The van der Waals surface area contributed by atoms with Crippen molar-refractivity contribution in [3.63, 3.8) is 0 Å². The summed E-state index contributed by atoms with van der Waals surface area (Å²) in [5, 5.41) is 9.11. The van der Waals surface area contributed by atoms with E-state index < -0.39 is 17.8 Å². The summed E-state index contributed by atoms with van der Waals surface area (Å²) in [6.07, 6.45) is 3.96. The van der Waals surface area contributed by atoms with Crippen LogP contribution in [0.25, 0.3) is 6.08 Å². The number of hydrogen-bond acceptors (Lipinski definition) is 9. The van der Waals surface area contributed by atoms with E-state index in [4.69, 9.17) is 14.2 Å². The molecule has 0 saturated heterocycles. The first kappa shape index (κ1) is 38.9. The Hall–Kier alpha value is -5.85. The Balaban J connectivity index is 1.15. The summed E-state index contributed by atoms with van der Waals surface area (Å²) in [5.74, 6) is -0.306. The molecule has 0 fully saturated rings. The zero-order valence-corrected chi connectivity index (χ0v) is 32.3. The molecule has 0 spiro atoms. The molecule has 6 rings (SSSR count). The third-order valence-electron chi connectivity index (χ3n) is 9.00. The highest BCUT2D eigenvalue weighted by molar-refractivity contribution is 8.00. The fourth-order valence-electron chi connectivity index (χ4n) is 6.31. The third kappa shape index (κ3) is 9.83. The molecule has 12 heteroatoms. The van der Waals surface area contributed by atoms with Crippen LogP contribution in [0.4, 0.5) is 10.7 Å². The predicted octanol–water partition coefficient (Wildman–Crippen LogP) is 8.35. The lowest BCUT2D eigenvalue weighted by atomic mass is 9.83. The number of thioether (sulfide) groups is 1. The molecule has 1 unspecified atom stereocenters. The van der Waals surface area contributed by atoms with Gasteiger partial charge in [-0.25, -0.2) is 4.79 Å². The van der Waals surface area contributed by atoms with E-state index in [0.29, 0.717) is 44.8 Å². The summed E-state index contributed by atoms with van der Waals surface area (Å²) in [7, 11) is 3.05. The lowest BCUT2D eigenvalue weighted by molar-refractivity contribution is -0.114. The highest BCUT2D eigenvalue weighted by Gasteiger charge is 2.31. The van der Waals surface area contributed by atoms with Gasteiger partial charge in [-0.15, -0.1) is 23.1 Å². The van der Waals surface area contributed by atoms with E-state index in [1.54, 1.807) is 80.8 Å². The molecule has 1 aromatic heterocycles. The van der Waals surface area contributed by atoms with Gasteiger partial charge in [0.15, 0.2) is 0 Å². The first-order chi connectivity index (χ1) is 26.8. The Morgan fingerprint density at radius 1 is 0.873 bits per heavy atom. The molecule has 3 amide bonds. The topological polar surface area (TPSA) is 132 Å². The number of carbonyl (C=O) groups is 4. The monoisotopic (exact) mass is 775 g/mol. The highest BCUT2D eigenvalue weighted by Crippen LogP contribution is 2.43. The fraction of sp³-hybridized carbons (Fsp3) is 0.209. The zero-order valence-electron chi connectivity index (χ0n) is 30.7. The molecule has 0 saturated carbocycles. The molecule has 5 aromatic rings. The first-order valence-electron chi connectivity index (χ1n) is 17.8. The van der Waals surface area contributed by atoms with Gasteiger partial charge in [-0.3, -0.25) is 14.4 Å². The number of hydrogen-bond donors (Lipinski definition) is 3. The summed E-state index contributed by atoms with van der Waals surface area (Å²) >= 11 is 2.73. The lowest BCUT2D eigenvalue weighted by Crippen LogP contribution is -2.30. The van der Waals surface area contributed by atoms with Crippen LogP contribution in [0.1, 0.15) is 61.5 Å². The third-order valence-corrected chi connectivity index (χ3v) is 11.2. The molecule has 0 aliphatic heterocycles. The van der Waals surface area contributed by atoms with E-state index in [2.05, 4.69) is 28.1 Å². The average Bonchev–Trinajstić information content (AvgIpc) is 3.57. The molecule has 1 aliphatic carbocycles. The van der Waals surface area contributed by atoms with E-state index in [-0.39, 0.29) is 24.0 Å². The SMILES string of the molecule is CCOC(=O)c1c(NC(=O)CSc2cccc(NC(=O)/C(=C\c3ccc(OC)cc3OC)NC(=O)c3ccccc3)c2)sc2c1CCC(c1ccccc1)C2. The summed E-state index contributed by atoms with van der Waals surface area (Å²) in [4.78, 5) is 55.2. The molecule has 0 bridgehead atoms. The molecule has 55 heavy (non-hydrogen) atoms. The standard InChI is InChI=1S/C43H41N3O7S2/c1-4-53-43(50)39-34-21-19-29(27-12-7-5-8-13-27)23-37(34)55-42(39)46-38(47)26-54-33-17-11-16-31(24-33)44-41(49)35(45-40(48)28-14-9-6-10-15-28)22-30-18-20-32(51-2)25-36(30)52-3/h5-18,20,22,24-25,29H,4,19,21,23,26H2,1-3H3,(H,44,49)(H,45,48)(H,46,47)/b35-22+. The summed E-state index contributed by atoms with van der Waals surface area (Å²) in [6.45, 7) is 2.00. The van der Waals surface area contributed by atoms with Crippen LogP contribution in [0.5, 0.6) is 11.5 Å². The van der Waals surface area contributed by atoms with Crippen LogP contribution >= 0.6 is 23.1 Å². The predicted molar refractivity (Wildman–Crippen MR) is 217 cm³/mol. The van der Waals surface area contributed by atoms with Crippen LogP contribution in [0.2, 0.25) is 0 Å². The van der Waals surface area contributed by atoms with Gasteiger partial charge in [-0.1, -0.05) is 54.6 Å². The molecule has 1 atom stereocenters. The van der Waals surface area contributed by atoms with Gasteiger partial charge >= 0.3 is 5.97 Å². The first-order valence-corrected chi connectivity index (χ1v) is 19.6. The van der Waals surface area contributed by atoms with Crippen molar-refractivity contribution in [2.75, 3.05) is 37.2 Å². The zero-order chi connectivity index (χ0) is 38.7. The van der Waals surface area contributed by atoms with Crippen molar-refractivity contribution in [1.82, 2.24) is 5.32 Å². The minimum absolute atomic E-state index is 0.0131. The molecule has 3 N–H and O–H groups in total. The van der Waals surface area contributed by atoms with Crippen LogP contribution in [-0.4, -0.2) is 50.3 Å². The van der Waals surface area contributed by atoms with Gasteiger partial charge in [0.05, 0.1) is 32.1 Å². The maximum Gasteiger partial charge on any atom is 0.341 e. The maximum absolute atomic E-state index is 13.7. The minimum atomic E-state index is -0.565. The maximum atomic E-state index is 13.7. The summed E-state index contributed by atoms with van der Waals surface area (Å²) < 4.78 is 16.2. The largest absolute Gasteiger partial charge is 0.497 e. The number of esters is 1. The molecule has 10 nitrogen and oxygen atoms in total. The van der Waals surface area contributed by atoms with Crippen molar-refractivity contribution < 1.29 is 33.4 Å². The highest BCUT2D eigenvalue weighted by atomic mass is 32.2. The van der Waals surface area contributed by atoms with Gasteiger partial charge in [0.1, 0.15) is 22.2 Å². The Labute approximate surface area is 328 Å². The van der Waals surface area contributed by atoms with Crippen molar-refractivity contribution in [2.45, 2.75) is 37.0 Å². The van der Waals surface area contributed by atoms with Gasteiger partial charge in [0.25, 0.3) is 11.8 Å². The molecular formula is C43H41N3O7S2. The minimum Gasteiger partial charge on any atom is -0.497 e. The van der Waals surface area contributed by atoms with E-state index in [1.807, 2.05) is 24.3 Å². The van der Waals surface area contributed by atoms with Crippen LogP contribution < -0.4 is 25.4 Å². The van der Waals surface area contributed by atoms with Gasteiger partial charge in [0.2, 0.25) is 5.91 Å². The van der Waals surface area contributed by atoms with Crippen molar-refractivity contribution in [1.29, 1.82) is 0 Å². The molecule has 1 heterocycles. The summed E-state index contributed by atoms with van der Waals surface area (Å²) in [6, 6.07) is 31.1. The quantitative estimate of drug-likeness (QED) is 0.0583. The van der Waals surface area contributed by atoms with Crippen molar-refractivity contribution in [2.24, 2.45) is 0 Å². The molecule has 0 radical (unpaired) electrons. The van der Waals surface area contributed by atoms with Gasteiger partial charge in [-0.2, -0.15) is 0 Å². The van der Waals surface area contributed by atoms with Crippen LogP contribution in [-0.2, 0) is 27.2 Å². The van der Waals surface area contributed by atoms with E-state index in [0.717, 1.165) is 34.6 Å². The Morgan fingerprint density at radius 3 is 2.36 bits per heavy atom. The number of amides is 3. The van der Waals surface area contributed by atoms with Crippen molar-refractivity contribution in [3.05, 3.63) is 142 Å². The Bertz CT molecular complexity index is 2200. The van der Waals surface area contributed by atoms with Gasteiger partial charge in [0, 0.05) is 32.7 Å². The molecule has 4 aromatic carbocycles. The number of fused-ring (bicyclic) bond motifs is 1. The second-order valence-corrected chi connectivity index (χ2v) is 14.7. The second kappa shape index (κ2) is 18.5. The second-order valence-electron chi connectivity index (χ2n) is 12.6. The smallest absolute Gasteiger partial charge is 0.341 e. The van der Waals surface area contributed by atoms with Crippen molar-refractivity contribution in [3.8, 4) is 11.5 Å². The van der Waals surface area contributed by atoms with Crippen LogP contribution in [0.15, 0.2) is 114 Å². The number of carbonyl (C=O) groups excluding carboxylic acids is 4.